The second kappa shape index (κ2) is 7.25. The molecule has 0 spiro atoms. The summed E-state index contributed by atoms with van der Waals surface area (Å²) in [4.78, 5) is 13.9. The maximum Gasteiger partial charge on any atom is 0.239 e. The quantitative estimate of drug-likeness (QED) is 0.897. The topological polar surface area (TPSA) is 66.6 Å². The zero-order chi connectivity index (χ0) is 15.4. The second-order valence-corrected chi connectivity index (χ2v) is 6.11. The molecule has 2 atom stereocenters. The fourth-order valence-corrected chi connectivity index (χ4v) is 2.90. The fourth-order valence-electron chi connectivity index (χ4n) is 2.78. The third-order valence-corrected chi connectivity index (χ3v) is 4.52. The van der Waals surface area contributed by atoms with Crippen LogP contribution in [-0.2, 0) is 4.79 Å². The maximum atomic E-state index is 12.0. The second-order valence-electron chi connectivity index (χ2n) is 5.67. The smallest absolute Gasteiger partial charge is 0.239 e. The Morgan fingerprint density at radius 1 is 1.38 bits per heavy atom. The van der Waals surface area contributed by atoms with Crippen molar-refractivity contribution in [2.24, 2.45) is 11.7 Å². The largest absolute Gasteiger partial charge is 0.388 e. The Hall–Kier alpha value is -1.10. The number of aliphatic hydroxyl groups excluding tert-OH is 1. The number of amides is 1. The van der Waals surface area contributed by atoms with E-state index < -0.39 is 12.1 Å². The normalized spacial score (nSPS) is 19.3. The van der Waals surface area contributed by atoms with Gasteiger partial charge in [-0.2, -0.15) is 0 Å². The first-order valence-electron chi connectivity index (χ1n) is 7.50. The number of piperidine rings is 1. The zero-order valence-corrected chi connectivity index (χ0v) is 13.1. The molecule has 0 bridgehead atoms. The van der Waals surface area contributed by atoms with Crippen LogP contribution in [0.5, 0.6) is 0 Å². The Labute approximate surface area is 130 Å². The SMILES string of the molecule is CCC(N)C(=O)N1CCC(C(O)c2ccc(Cl)cc2)CC1. The first-order valence-corrected chi connectivity index (χ1v) is 7.88. The lowest BCUT2D eigenvalue weighted by Crippen LogP contribution is -2.47. The van der Waals surface area contributed by atoms with Gasteiger partial charge in [0.05, 0.1) is 12.1 Å². The van der Waals surface area contributed by atoms with Crippen molar-refractivity contribution in [1.82, 2.24) is 4.90 Å². The summed E-state index contributed by atoms with van der Waals surface area (Å²) in [5, 5.41) is 11.1. The van der Waals surface area contributed by atoms with Gasteiger partial charge in [0, 0.05) is 18.1 Å². The van der Waals surface area contributed by atoms with E-state index in [1.54, 1.807) is 12.1 Å². The molecule has 3 N–H and O–H groups in total. The molecule has 1 aliphatic heterocycles. The number of halogens is 1. The fraction of sp³-hybridized carbons (Fsp3) is 0.562. The first kappa shape index (κ1) is 16.3. The molecule has 0 aromatic heterocycles. The molecule has 0 radical (unpaired) electrons. The van der Waals surface area contributed by atoms with E-state index in [0.717, 1.165) is 18.4 Å². The molecule has 2 unspecified atom stereocenters. The van der Waals surface area contributed by atoms with Gasteiger partial charge >= 0.3 is 0 Å². The van der Waals surface area contributed by atoms with Crippen molar-refractivity contribution < 1.29 is 9.90 Å². The predicted octanol–water partition coefficient (Wildman–Crippen LogP) is 2.35. The van der Waals surface area contributed by atoms with Crippen LogP contribution in [0.2, 0.25) is 5.02 Å². The number of likely N-dealkylation sites (tertiary alicyclic amines) is 1. The average molecular weight is 311 g/mol. The monoisotopic (exact) mass is 310 g/mol. The summed E-state index contributed by atoms with van der Waals surface area (Å²) in [7, 11) is 0. The van der Waals surface area contributed by atoms with Gasteiger partial charge in [-0.3, -0.25) is 4.79 Å². The summed E-state index contributed by atoms with van der Waals surface area (Å²) in [5.74, 6) is 0.199. The van der Waals surface area contributed by atoms with Gasteiger partial charge < -0.3 is 15.7 Å². The molecule has 1 fully saturated rings. The van der Waals surface area contributed by atoms with Crippen LogP contribution >= 0.6 is 11.6 Å². The summed E-state index contributed by atoms with van der Waals surface area (Å²) in [6, 6.07) is 6.90. The van der Waals surface area contributed by atoms with Gasteiger partial charge in [0.1, 0.15) is 0 Å². The van der Waals surface area contributed by atoms with Gasteiger partial charge in [-0.1, -0.05) is 30.7 Å². The summed E-state index contributed by atoms with van der Waals surface area (Å²) < 4.78 is 0. The molecule has 1 aromatic carbocycles. The summed E-state index contributed by atoms with van der Waals surface area (Å²) >= 11 is 5.86. The van der Waals surface area contributed by atoms with Crippen LogP contribution in [0, 0.1) is 5.92 Å². The molecular formula is C16H23ClN2O2. The molecule has 5 heteroatoms. The van der Waals surface area contributed by atoms with Crippen molar-refractivity contribution in [2.75, 3.05) is 13.1 Å². The van der Waals surface area contributed by atoms with Crippen LogP contribution in [0.4, 0.5) is 0 Å². The molecule has 0 aliphatic carbocycles. The standard InChI is InChI=1S/C16H23ClN2O2/c1-2-14(18)16(21)19-9-7-12(8-10-19)15(20)11-3-5-13(17)6-4-11/h3-6,12,14-15,20H,2,7-10,18H2,1H3. The lowest BCUT2D eigenvalue weighted by Gasteiger charge is -2.35. The number of rotatable bonds is 4. The van der Waals surface area contributed by atoms with Gasteiger partial charge in [-0.15, -0.1) is 0 Å². The minimum absolute atomic E-state index is 0.0249. The van der Waals surface area contributed by atoms with Crippen LogP contribution in [0.1, 0.15) is 37.9 Å². The number of benzene rings is 1. The molecule has 1 aromatic rings. The van der Waals surface area contributed by atoms with E-state index in [-0.39, 0.29) is 11.8 Å². The van der Waals surface area contributed by atoms with Crippen molar-refractivity contribution >= 4 is 17.5 Å². The van der Waals surface area contributed by atoms with Crippen LogP contribution in [0.25, 0.3) is 0 Å². The third kappa shape index (κ3) is 3.96. The third-order valence-electron chi connectivity index (χ3n) is 4.27. The molecule has 0 saturated carbocycles. The number of carbonyl (C=O) groups is 1. The number of aliphatic hydroxyl groups is 1. The highest BCUT2D eigenvalue weighted by atomic mass is 35.5. The molecule has 21 heavy (non-hydrogen) atoms. The summed E-state index contributed by atoms with van der Waals surface area (Å²) in [5.41, 5.74) is 6.68. The number of hydrogen-bond acceptors (Lipinski definition) is 3. The van der Waals surface area contributed by atoms with Crippen molar-refractivity contribution in [1.29, 1.82) is 0 Å². The Morgan fingerprint density at radius 3 is 2.48 bits per heavy atom. The van der Waals surface area contributed by atoms with Crippen LogP contribution in [-0.4, -0.2) is 35.0 Å². The number of nitrogens with zero attached hydrogens (tertiary/aromatic N) is 1. The van der Waals surface area contributed by atoms with E-state index in [2.05, 4.69) is 0 Å². The van der Waals surface area contributed by atoms with Crippen LogP contribution < -0.4 is 5.73 Å². The lowest BCUT2D eigenvalue weighted by atomic mass is 9.87. The van der Waals surface area contributed by atoms with E-state index in [1.807, 2.05) is 24.0 Å². The van der Waals surface area contributed by atoms with Crippen LogP contribution in [0.15, 0.2) is 24.3 Å². The van der Waals surface area contributed by atoms with E-state index in [4.69, 9.17) is 17.3 Å². The predicted molar refractivity (Wildman–Crippen MR) is 84.0 cm³/mol. The van der Waals surface area contributed by atoms with Gasteiger partial charge in [0.25, 0.3) is 0 Å². The minimum Gasteiger partial charge on any atom is -0.388 e. The highest BCUT2D eigenvalue weighted by Gasteiger charge is 2.29. The Morgan fingerprint density at radius 2 is 1.95 bits per heavy atom. The number of nitrogens with two attached hydrogens (primary N) is 1. The highest BCUT2D eigenvalue weighted by Crippen LogP contribution is 2.31. The molecule has 4 nitrogen and oxygen atoms in total. The molecule has 116 valence electrons. The molecule has 1 amide bonds. The van der Waals surface area contributed by atoms with Crippen molar-refractivity contribution in [3.05, 3.63) is 34.9 Å². The Bertz CT molecular complexity index is 470. The number of carbonyl (C=O) groups excluding carboxylic acids is 1. The lowest BCUT2D eigenvalue weighted by molar-refractivity contribution is -0.134. The van der Waals surface area contributed by atoms with Crippen molar-refractivity contribution in [2.45, 2.75) is 38.3 Å². The summed E-state index contributed by atoms with van der Waals surface area (Å²) in [6.45, 7) is 3.25. The van der Waals surface area contributed by atoms with Crippen molar-refractivity contribution in [3.8, 4) is 0 Å². The van der Waals surface area contributed by atoms with Gasteiger partial charge in [0.2, 0.25) is 5.91 Å². The van der Waals surface area contributed by atoms with E-state index in [0.29, 0.717) is 24.5 Å². The van der Waals surface area contributed by atoms with E-state index in [9.17, 15) is 9.90 Å². The van der Waals surface area contributed by atoms with Gasteiger partial charge in [-0.05, 0) is 42.9 Å². The Balaban J connectivity index is 1.91. The van der Waals surface area contributed by atoms with E-state index >= 15 is 0 Å². The highest BCUT2D eigenvalue weighted by molar-refractivity contribution is 6.30. The van der Waals surface area contributed by atoms with Gasteiger partial charge in [0.15, 0.2) is 0 Å². The maximum absolute atomic E-state index is 12.0. The Kier molecular flexibility index (Phi) is 5.62. The molecule has 1 heterocycles. The van der Waals surface area contributed by atoms with E-state index in [1.165, 1.54) is 0 Å². The molecule has 2 rings (SSSR count). The molecular weight excluding hydrogens is 288 g/mol. The number of hydrogen-bond donors (Lipinski definition) is 2. The van der Waals surface area contributed by atoms with Gasteiger partial charge in [-0.25, -0.2) is 0 Å². The molecule has 1 saturated heterocycles. The minimum atomic E-state index is -0.501. The average Bonchev–Trinajstić information content (AvgIpc) is 2.53. The van der Waals surface area contributed by atoms with Crippen molar-refractivity contribution in [3.63, 3.8) is 0 Å². The summed E-state index contributed by atoms with van der Waals surface area (Å²) in [6.07, 6.45) is 1.75. The van der Waals surface area contributed by atoms with Crippen LogP contribution in [0.3, 0.4) is 0 Å². The first-order chi connectivity index (χ1) is 10.0. The molecule has 1 aliphatic rings. The zero-order valence-electron chi connectivity index (χ0n) is 12.3.